The van der Waals surface area contributed by atoms with Gasteiger partial charge in [0.05, 0.1) is 12.6 Å². The van der Waals surface area contributed by atoms with Gasteiger partial charge in [-0.2, -0.15) is 0 Å². The van der Waals surface area contributed by atoms with Crippen molar-refractivity contribution in [2.75, 3.05) is 19.7 Å². The van der Waals surface area contributed by atoms with Crippen molar-refractivity contribution < 1.29 is 24.2 Å². The van der Waals surface area contributed by atoms with Gasteiger partial charge in [0.1, 0.15) is 6.10 Å². The third-order valence-corrected chi connectivity index (χ3v) is 5.97. The number of hydrogen-bond donors (Lipinski definition) is 1. The van der Waals surface area contributed by atoms with Crippen LogP contribution in [0.1, 0.15) is 40.0 Å². The summed E-state index contributed by atoms with van der Waals surface area (Å²) in [6.45, 7) is 7.11. The molecule has 0 radical (unpaired) electrons. The molecule has 134 valence electrons. The van der Waals surface area contributed by atoms with Crippen molar-refractivity contribution in [2.45, 2.75) is 57.8 Å². The van der Waals surface area contributed by atoms with Crippen LogP contribution in [-0.2, 0) is 19.1 Å². The van der Waals surface area contributed by atoms with Crippen LogP contribution >= 0.6 is 0 Å². The molecule has 3 rings (SSSR count). The number of cyclic esters (lactones) is 1. The number of rotatable bonds is 0. The molecular weight excluding hydrogens is 310 g/mol. The predicted molar refractivity (Wildman–Crippen MR) is 87.1 cm³/mol. The smallest absolute Gasteiger partial charge is 0.338 e. The molecule has 0 bridgehead atoms. The zero-order valence-electron chi connectivity index (χ0n) is 14.7. The summed E-state index contributed by atoms with van der Waals surface area (Å²) in [5, 5.41) is 10.6. The fourth-order valence-electron chi connectivity index (χ4n) is 4.11. The highest BCUT2D eigenvalue weighted by Crippen LogP contribution is 2.36. The maximum Gasteiger partial charge on any atom is 0.338 e. The molecule has 5 atom stereocenters. The fraction of sp³-hybridized carbons (Fsp3) is 0.778. The van der Waals surface area contributed by atoms with E-state index in [0.717, 1.165) is 25.9 Å². The van der Waals surface area contributed by atoms with Crippen LogP contribution in [0.2, 0.25) is 0 Å². The zero-order chi connectivity index (χ0) is 17.5. The van der Waals surface area contributed by atoms with Gasteiger partial charge in [-0.1, -0.05) is 13.0 Å². The summed E-state index contributed by atoms with van der Waals surface area (Å²) in [5.41, 5.74) is -1.12. The van der Waals surface area contributed by atoms with E-state index in [0.29, 0.717) is 5.57 Å². The number of ether oxygens (including phenoxy) is 2. The first-order valence-electron chi connectivity index (χ1n) is 8.84. The molecule has 3 aliphatic heterocycles. The lowest BCUT2D eigenvalue weighted by Gasteiger charge is -2.32. The monoisotopic (exact) mass is 337 g/mol. The molecule has 0 aliphatic carbocycles. The average molecular weight is 337 g/mol. The van der Waals surface area contributed by atoms with Gasteiger partial charge in [-0.3, -0.25) is 4.90 Å². The van der Waals surface area contributed by atoms with Crippen LogP contribution in [0.4, 0.5) is 0 Å². The highest BCUT2D eigenvalue weighted by Gasteiger charge is 2.48. The molecule has 6 nitrogen and oxygen atoms in total. The molecule has 3 fully saturated rings. The molecule has 0 aromatic rings. The summed E-state index contributed by atoms with van der Waals surface area (Å²) in [6.07, 6.45) is 3.59. The van der Waals surface area contributed by atoms with Gasteiger partial charge in [0.15, 0.2) is 5.60 Å². The summed E-state index contributed by atoms with van der Waals surface area (Å²) >= 11 is 0. The van der Waals surface area contributed by atoms with E-state index < -0.39 is 17.5 Å². The SMILES string of the molecule is CC=C1C[C@H](C)[C@@](C)(O)C(=O)OC[C@@H]2CCN3CC[C@H](OC1=O)[C@H]23. The van der Waals surface area contributed by atoms with Crippen LogP contribution in [0.15, 0.2) is 11.6 Å². The Morgan fingerprint density at radius 1 is 1.29 bits per heavy atom. The Morgan fingerprint density at radius 2 is 2.00 bits per heavy atom. The first-order valence-corrected chi connectivity index (χ1v) is 8.84. The van der Waals surface area contributed by atoms with E-state index in [2.05, 4.69) is 4.90 Å². The first-order chi connectivity index (χ1) is 11.3. The van der Waals surface area contributed by atoms with Crippen LogP contribution < -0.4 is 0 Å². The maximum atomic E-state index is 12.6. The van der Waals surface area contributed by atoms with Crippen molar-refractivity contribution in [3.05, 3.63) is 11.6 Å². The Hall–Kier alpha value is -1.40. The largest absolute Gasteiger partial charge is 0.463 e. The molecule has 0 unspecified atom stereocenters. The molecule has 1 N–H and O–H groups in total. The Balaban J connectivity index is 1.89. The van der Waals surface area contributed by atoms with Crippen molar-refractivity contribution in [3.8, 4) is 0 Å². The number of hydrogen-bond acceptors (Lipinski definition) is 6. The number of aliphatic hydroxyl groups is 1. The summed E-state index contributed by atoms with van der Waals surface area (Å²) < 4.78 is 11.3. The zero-order valence-corrected chi connectivity index (χ0v) is 14.7. The van der Waals surface area contributed by atoms with E-state index in [4.69, 9.17) is 9.47 Å². The average Bonchev–Trinajstić information content (AvgIpc) is 3.12. The first kappa shape index (κ1) is 17.4. The highest BCUT2D eigenvalue weighted by molar-refractivity contribution is 5.89. The Morgan fingerprint density at radius 3 is 2.71 bits per heavy atom. The van der Waals surface area contributed by atoms with Gasteiger partial charge in [0.2, 0.25) is 0 Å². The third-order valence-electron chi connectivity index (χ3n) is 5.97. The third kappa shape index (κ3) is 2.97. The lowest BCUT2D eigenvalue weighted by molar-refractivity contribution is -0.172. The van der Waals surface area contributed by atoms with E-state index >= 15 is 0 Å². The predicted octanol–water partition coefficient (Wildman–Crippen LogP) is 1.27. The van der Waals surface area contributed by atoms with Gasteiger partial charge >= 0.3 is 11.9 Å². The minimum absolute atomic E-state index is 0.113. The van der Waals surface area contributed by atoms with Crippen molar-refractivity contribution in [1.82, 2.24) is 4.90 Å². The van der Waals surface area contributed by atoms with Crippen LogP contribution in [0.25, 0.3) is 0 Å². The summed E-state index contributed by atoms with van der Waals surface area (Å²) in [6, 6.07) is 0.113. The molecule has 3 saturated heterocycles. The van der Waals surface area contributed by atoms with Gasteiger partial charge in [0, 0.05) is 18.0 Å². The fourth-order valence-corrected chi connectivity index (χ4v) is 4.11. The minimum Gasteiger partial charge on any atom is -0.463 e. The van der Waals surface area contributed by atoms with Crippen LogP contribution in [0, 0.1) is 11.8 Å². The van der Waals surface area contributed by atoms with E-state index in [-0.39, 0.29) is 37.1 Å². The number of carbonyl (C=O) groups is 2. The van der Waals surface area contributed by atoms with E-state index in [1.807, 2.05) is 0 Å². The molecule has 3 heterocycles. The van der Waals surface area contributed by atoms with Crippen LogP contribution in [-0.4, -0.2) is 59.4 Å². The van der Waals surface area contributed by atoms with Gasteiger partial charge in [-0.05, 0) is 45.6 Å². The van der Waals surface area contributed by atoms with Gasteiger partial charge < -0.3 is 14.6 Å². The number of esters is 2. The standard InChI is InChI=1S/C18H27NO5/c1-4-12-9-11(2)18(3,22)17(21)23-10-13-5-7-19-8-6-14(15(13)19)24-16(12)20/h4,11,13-15,22H,5-10H2,1-3H3/t11-,13-,14-,15-,18+/m0/s1. The molecule has 0 aromatic carbocycles. The van der Waals surface area contributed by atoms with Crippen LogP contribution in [0.5, 0.6) is 0 Å². The highest BCUT2D eigenvalue weighted by atomic mass is 16.6. The molecule has 0 spiro atoms. The van der Waals surface area contributed by atoms with Crippen molar-refractivity contribution in [3.63, 3.8) is 0 Å². The second kappa shape index (κ2) is 6.48. The summed E-state index contributed by atoms with van der Waals surface area (Å²) in [7, 11) is 0. The molecule has 0 aromatic heterocycles. The quantitative estimate of drug-likeness (QED) is 0.530. The molecule has 0 amide bonds. The Labute approximate surface area is 142 Å². The van der Waals surface area contributed by atoms with Crippen molar-refractivity contribution in [1.29, 1.82) is 0 Å². The second-order valence-corrected chi connectivity index (χ2v) is 7.47. The molecule has 0 saturated carbocycles. The summed E-state index contributed by atoms with van der Waals surface area (Å²) in [4.78, 5) is 27.3. The van der Waals surface area contributed by atoms with E-state index in [1.165, 1.54) is 6.92 Å². The van der Waals surface area contributed by atoms with E-state index in [9.17, 15) is 14.7 Å². The minimum atomic E-state index is -1.62. The lowest BCUT2D eigenvalue weighted by Crippen LogP contribution is -2.46. The Bertz CT molecular complexity index is 556. The Kier molecular flexibility index (Phi) is 4.71. The second-order valence-electron chi connectivity index (χ2n) is 7.47. The van der Waals surface area contributed by atoms with Crippen LogP contribution in [0.3, 0.4) is 0 Å². The molecule has 24 heavy (non-hydrogen) atoms. The number of nitrogens with zero attached hydrogens (tertiary/aromatic N) is 1. The topological polar surface area (TPSA) is 76.1 Å². The normalized spacial score (nSPS) is 42.9. The van der Waals surface area contributed by atoms with Crippen molar-refractivity contribution in [2.24, 2.45) is 11.8 Å². The summed E-state index contributed by atoms with van der Waals surface area (Å²) in [5.74, 6) is -1.23. The maximum absolute atomic E-state index is 12.6. The molecule has 3 aliphatic rings. The van der Waals surface area contributed by atoms with Crippen molar-refractivity contribution >= 4 is 11.9 Å². The van der Waals surface area contributed by atoms with Gasteiger partial charge in [0.25, 0.3) is 0 Å². The number of carbonyl (C=O) groups excluding carboxylic acids is 2. The van der Waals surface area contributed by atoms with Gasteiger partial charge in [-0.25, -0.2) is 9.59 Å². The molecule has 6 heteroatoms. The number of allylic oxidation sites excluding steroid dienone is 1. The van der Waals surface area contributed by atoms with Gasteiger partial charge in [-0.15, -0.1) is 0 Å². The lowest BCUT2D eigenvalue weighted by atomic mass is 9.85. The molecular formula is C18H27NO5. The van der Waals surface area contributed by atoms with E-state index in [1.54, 1.807) is 19.9 Å².